The first kappa shape index (κ1) is 10.5. The van der Waals surface area contributed by atoms with Crippen LogP contribution in [-0.2, 0) is 9.53 Å². The van der Waals surface area contributed by atoms with Gasteiger partial charge < -0.3 is 15.4 Å². The highest BCUT2D eigenvalue weighted by atomic mass is 16.6. The molecule has 1 aliphatic heterocycles. The van der Waals surface area contributed by atoms with Gasteiger partial charge >= 0.3 is 6.09 Å². The molecular weight excluding hydrogens is 208 g/mol. The van der Waals surface area contributed by atoms with E-state index in [4.69, 9.17) is 0 Å². The number of alkyl carbamates (subject to hydrolysis) is 1. The second-order valence-electron chi connectivity index (χ2n) is 3.65. The Morgan fingerprint density at radius 3 is 2.69 bits per heavy atom. The van der Waals surface area contributed by atoms with Gasteiger partial charge in [0.15, 0.2) is 0 Å². The molecule has 1 aromatic carbocycles. The summed E-state index contributed by atoms with van der Waals surface area (Å²) in [6, 6.07) is 6.82. The first-order valence-electron chi connectivity index (χ1n) is 4.96. The molecule has 5 heteroatoms. The molecule has 0 saturated carbocycles. The monoisotopic (exact) mass is 220 g/mol. The zero-order valence-electron chi connectivity index (χ0n) is 8.82. The molecule has 1 heterocycles. The highest BCUT2D eigenvalue weighted by Crippen LogP contribution is 2.09. The molecule has 0 spiro atoms. The maximum atomic E-state index is 11.6. The van der Waals surface area contributed by atoms with Gasteiger partial charge in [0.25, 0.3) is 5.91 Å². The summed E-state index contributed by atoms with van der Waals surface area (Å²) in [7, 11) is 0. The Morgan fingerprint density at radius 1 is 1.44 bits per heavy atom. The maximum absolute atomic E-state index is 11.6. The molecule has 16 heavy (non-hydrogen) atoms. The zero-order chi connectivity index (χ0) is 11.5. The second kappa shape index (κ2) is 4.22. The van der Waals surface area contributed by atoms with Gasteiger partial charge in [-0.05, 0) is 19.1 Å². The molecule has 1 aromatic rings. The van der Waals surface area contributed by atoms with Gasteiger partial charge in [-0.25, -0.2) is 4.79 Å². The molecule has 2 amide bonds. The van der Waals surface area contributed by atoms with E-state index in [1.54, 1.807) is 0 Å². The minimum Gasteiger partial charge on any atom is -0.447 e. The summed E-state index contributed by atoms with van der Waals surface area (Å²) in [4.78, 5) is 22.4. The molecule has 1 atom stereocenters. The lowest BCUT2D eigenvalue weighted by atomic mass is 10.2. The first-order chi connectivity index (χ1) is 7.65. The lowest BCUT2D eigenvalue weighted by Crippen LogP contribution is -2.38. The molecule has 5 nitrogen and oxygen atoms in total. The SMILES string of the molecule is Cc1ccc(NC(=O)C2COC(=O)N2)cc1. The Hall–Kier alpha value is -2.04. The Bertz CT molecular complexity index is 414. The highest BCUT2D eigenvalue weighted by molar-refractivity contribution is 5.97. The number of benzene rings is 1. The van der Waals surface area contributed by atoms with Crippen molar-refractivity contribution in [3.63, 3.8) is 0 Å². The smallest absolute Gasteiger partial charge is 0.407 e. The molecule has 0 bridgehead atoms. The fraction of sp³-hybridized carbons (Fsp3) is 0.273. The van der Waals surface area contributed by atoms with E-state index < -0.39 is 12.1 Å². The number of hydrogen-bond donors (Lipinski definition) is 2. The van der Waals surface area contributed by atoms with Crippen molar-refractivity contribution in [1.82, 2.24) is 5.32 Å². The van der Waals surface area contributed by atoms with Crippen LogP contribution in [0.2, 0.25) is 0 Å². The van der Waals surface area contributed by atoms with Gasteiger partial charge in [-0.3, -0.25) is 4.79 Å². The number of amides is 2. The molecule has 1 aliphatic rings. The van der Waals surface area contributed by atoms with Crippen LogP contribution in [0.3, 0.4) is 0 Å². The molecular formula is C11H12N2O3. The predicted molar refractivity (Wildman–Crippen MR) is 58.1 cm³/mol. The van der Waals surface area contributed by atoms with Gasteiger partial charge in [-0.1, -0.05) is 17.7 Å². The van der Waals surface area contributed by atoms with Crippen molar-refractivity contribution < 1.29 is 14.3 Å². The molecule has 1 saturated heterocycles. The minimum absolute atomic E-state index is 0.0799. The number of cyclic esters (lactones) is 1. The highest BCUT2D eigenvalue weighted by Gasteiger charge is 2.28. The minimum atomic E-state index is -0.603. The van der Waals surface area contributed by atoms with Crippen LogP contribution in [0.25, 0.3) is 0 Å². The predicted octanol–water partition coefficient (Wildman–Crippen LogP) is 1.04. The van der Waals surface area contributed by atoms with E-state index in [2.05, 4.69) is 15.4 Å². The number of carbonyl (C=O) groups is 2. The summed E-state index contributed by atoms with van der Waals surface area (Å²) >= 11 is 0. The van der Waals surface area contributed by atoms with Crippen LogP contribution in [0.1, 0.15) is 5.56 Å². The third-order valence-electron chi connectivity index (χ3n) is 2.31. The fourth-order valence-corrected chi connectivity index (χ4v) is 1.39. The van der Waals surface area contributed by atoms with Crippen LogP contribution >= 0.6 is 0 Å². The Morgan fingerprint density at radius 2 is 2.12 bits per heavy atom. The van der Waals surface area contributed by atoms with E-state index in [9.17, 15) is 9.59 Å². The summed E-state index contributed by atoms with van der Waals surface area (Å²) in [5, 5.41) is 5.11. The number of hydrogen-bond acceptors (Lipinski definition) is 3. The van der Waals surface area contributed by atoms with Crippen molar-refractivity contribution in [1.29, 1.82) is 0 Å². The summed E-state index contributed by atoms with van der Waals surface area (Å²) < 4.78 is 4.63. The Kier molecular flexibility index (Phi) is 2.76. The standard InChI is InChI=1S/C11H12N2O3/c1-7-2-4-8(5-3-7)12-10(14)9-6-16-11(15)13-9/h2-5,9H,6H2,1H3,(H,12,14)(H,13,15). The maximum Gasteiger partial charge on any atom is 0.407 e. The average Bonchev–Trinajstić information content (AvgIpc) is 2.68. The summed E-state index contributed by atoms with van der Waals surface area (Å²) in [5.41, 5.74) is 1.83. The average molecular weight is 220 g/mol. The molecule has 2 rings (SSSR count). The van der Waals surface area contributed by atoms with Crippen molar-refractivity contribution in [3.05, 3.63) is 29.8 Å². The van der Waals surface area contributed by atoms with Gasteiger partial charge in [0.2, 0.25) is 0 Å². The number of aryl methyl sites for hydroxylation is 1. The molecule has 0 aliphatic carbocycles. The van der Waals surface area contributed by atoms with Gasteiger partial charge in [-0.15, -0.1) is 0 Å². The number of nitrogens with one attached hydrogen (secondary N) is 2. The van der Waals surface area contributed by atoms with E-state index in [1.807, 2.05) is 31.2 Å². The van der Waals surface area contributed by atoms with Crippen LogP contribution in [0.5, 0.6) is 0 Å². The molecule has 84 valence electrons. The van der Waals surface area contributed by atoms with Crippen molar-refractivity contribution in [2.75, 3.05) is 11.9 Å². The van der Waals surface area contributed by atoms with Gasteiger partial charge in [0.1, 0.15) is 12.6 Å². The summed E-state index contributed by atoms with van der Waals surface area (Å²) in [5.74, 6) is -0.269. The van der Waals surface area contributed by atoms with E-state index >= 15 is 0 Å². The van der Waals surface area contributed by atoms with E-state index in [0.29, 0.717) is 5.69 Å². The largest absolute Gasteiger partial charge is 0.447 e. The number of carbonyl (C=O) groups excluding carboxylic acids is 2. The van der Waals surface area contributed by atoms with Crippen LogP contribution in [-0.4, -0.2) is 24.6 Å². The zero-order valence-corrected chi connectivity index (χ0v) is 8.82. The molecule has 1 unspecified atom stereocenters. The lowest BCUT2D eigenvalue weighted by Gasteiger charge is -2.08. The molecule has 2 N–H and O–H groups in total. The van der Waals surface area contributed by atoms with Crippen LogP contribution in [0.15, 0.2) is 24.3 Å². The second-order valence-corrected chi connectivity index (χ2v) is 3.65. The number of ether oxygens (including phenoxy) is 1. The quantitative estimate of drug-likeness (QED) is 0.782. The van der Waals surface area contributed by atoms with Crippen molar-refractivity contribution in [2.24, 2.45) is 0 Å². The molecule has 0 aromatic heterocycles. The van der Waals surface area contributed by atoms with E-state index in [-0.39, 0.29) is 12.5 Å². The van der Waals surface area contributed by atoms with Crippen LogP contribution in [0, 0.1) is 6.92 Å². The third kappa shape index (κ3) is 2.31. The van der Waals surface area contributed by atoms with E-state index in [0.717, 1.165) is 5.56 Å². The third-order valence-corrected chi connectivity index (χ3v) is 2.31. The summed E-state index contributed by atoms with van der Waals surface area (Å²) in [6.07, 6.45) is -0.552. The topological polar surface area (TPSA) is 67.4 Å². The van der Waals surface area contributed by atoms with Crippen molar-refractivity contribution in [2.45, 2.75) is 13.0 Å². The van der Waals surface area contributed by atoms with Gasteiger partial charge in [-0.2, -0.15) is 0 Å². The normalized spacial score (nSPS) is 18.8. The van der Waals surface area contributed by atoms with Crippen LogP contribution < -0.4 is 10.6 Å². The van der Waals surface area contributed by atoms with Crippen molar-refractivity contribution >= 4 is 17.7 Å². The summed E-state index contributed by atoms with van der Waals surface area (Å²) in [6.45, 7) is 2.05. The van der Waals surface area contributed by atoms with Crippen LogP contribution in [0.4, 0.5) is 10.5 Å². The van der Waals surface area contributed by atoms with Gasteiger partial charge in [0.05, 0.1) is 0 Å². The first-order valence-corrected chi connectivity index (χ1v) is 4.96. The Balaban J connectivity index is 1.97. The number of anilines is 1. The van der Waals surface area contributed by atoms with Crippen molar-refractivity contribution in [3.8, 4) is 0 Å². The molecule has 1 fully saturated rings. The fourth-order valence-electron chi connectivity index (χ4n) is 1.39. The lowest BCUT2D eigenvalue weighted by molar-refractivity contribution is -0.117. The van der Waals surface area contributed by atoms with Gasteiger partial charge in [0, 0.05) is 5.69 Å². The molecule has 0 radical (unpaired) electrons. The number of rotatable bonds is 2. The Labute approximate surface area is 92.8 Å². The van der Waals surface area contributed by atoms with E-state index in [1.165, 1.54) is 0 Å².